The fraction of sp³-hybridized carbons (Fsp3) is 0.417. The second-order valence-electron chi connectivity index (χ2n) is 7.90. The van der Waals surface area contributed by atoms with Crippen molar-refractivity contribution in [3.63, 3.8) is 0 Å². The molecule has 2 amide bonds. The first-order valence-corrected chi connectivity index (χ1v) is 11.2. The van der Waals surface area contributed by atoms with Gasteiger partial charge in [0.25, 0.3) is 0 Å². The standard InChI is InChI=1S/C24H29F3N4O5/c1-16-10-12-29-20(13-16)28-11-4-3-5-21(32)30-15-22(33)31-19(14-23(34)35-2)17-6-8-18(9-7-17)36-24(25,26)27/h6-10,12-13,19H,3-5,11,14-15H2,1-2H3,(H,28,29)(H,30,32)(H,31,33). The number of alkyl halides is 3. The molecule has 12 heteroatoms. The number of nitrogens with zero attached hydrogens (tertiary/aromatic N) is 1. The first-order valence-electron chi connectivity index (χ1n) is 11.2. The number of hydrogen-bond acceptors (Lipinski definition) is 7. The van der Waals surface area contributed by atoms with Gasteiger partial charge in [0.05, 0.1) is 26.1 Å². The zero-order valence-electron chi connectivity index (χ0n) is 20.0. The van der Waals surface area contributed by atoms with Gasteiger partial charge in [0.2, 0.25) is 11.8 Å². The van der Waals surface area contributed by atoms with E-state index in [9.17, 15) is 27.6 Å². The minimum absolute atomic E-state index is 0.225. The molecule has 2 aromatic rings. The monoisotopic (exact) mass is 510 g/mol. The number of unbranched alkanes of at least 4 members (excludes halogenated alkanes) is 1. The molecule has 0 aliphatic carbocycles. The molecule has 3 N–H and O–H groups in total. The van der Waals surface area contributed by atoms with Crippen LogP contribution >= 0.6 is 0 Å². The normalized spacial score (nSPS) is 11.8. The molecule has 0 spiro atoms. The lowest BCUT2D eigenvalue weighted by Gasteiger charge is -2.19. The Labute approximate surface area is 206 Å². The molecule has 196 valence electrons. The Kier molecular flexibility index (Phi) is 11.0. The van der Waals surface area contributed by atoms with Gasteiger partial charge in [-0.15, -0.1) is 13.2 Å². The second kappa shape index (κ2) is 13.9. The molecule has 2 rings (SSSR count). The number of pyridine rings is 1. The van der Waals surface area contributed by atoms with Crippen molar-refractivity contribution in [2.45, 2.75) is 45.0 Å². The molecule has 0 aliphatic heterocycles. The number of hydrogen-bond donors (Lipinski definition) is 3. The highest BCUT2D eigenvalue weighted by molar-refractivity contribution is 5.85. The zero-order chi connectivity index (χ0) is 26.6. The van der Waals surface area contributed by atoms with E-state index in [1.54, 1.807) is 6.20 Å². The predicted molar refractivity (Wildman–Crippen MR) is 125 cm³/mol. The average molecular weight is 511 g/mol. The average Bonchev–Trinajstić information content (AvgIpc) is 2.81. The number of esters is 1. The summed E-state index contributed by atoms with van der Waals surface area (Å²) in [5, 5.41) is 8.27. The molecular formula is C24H29F3N4O5. The van der Waals surface area contributed by atoms with Crippen LogP contribution in [0.2, 0.25) is 0 Å². The van der Waals surface area contributed by atoms with Gasteiger partial charge in [0.1, 0.15) is 11.6 Å². The molecule has 1 heterocycles. The molecule has 0 radical (unpaired) electrons. The van der Waals surface area contributed by atoms with Gasteiger partial charge in [-0.3, -0.25) is 14.4 Å². The molecule has 9 nitrogen and oxygen atoms in total. The van der Waals surface area contributed by atoms with Crippen LogP contribution in [0.4, 0.5) is 19.0 Å². The fourth-order valence-electron chi connectivity index (χ4n) is 3.18. The van der Waals surface area contributed by atoms with Crippen LogP contribution in [0.25, 0.3) is 0 Å². The Morgan fingerprint density at radius 3 is 2.42 bits per heavy atom. The topological polar surface area (TPSA) is 119 Å². The summed E-state index contributed by atoms with van der Waals surface area (Å²) < 4.78 is 45.5. The van der Waals surface area contributed by atoms with Crippen LogP contribution in [-0.2, 0) is 19.1 Å². The molecule has 0 saturated heterocycles. The minimum atomic E-state index is -4.84. The Bertz CT molecular complexity index is 1020. The summed E-state index contributed by atoms with van der Waals surface area (Å²) in [6.45, 7) is 2.29. The third kappa shape index (κ3) is 11.1. The lowest BCUT2D eigenvalue weighted by atomic mass is 10.0. The van der Waals surface area contributed by atoms with Gasteiger partial charge >= 0.3 is 12.3 Å². The van der Waals surface area contributed by atoms with Gasteiger partial charge < -0.3 is 25.4 Å². The quantitative estimate of drug-likeness (QED) is 0.279. The van der Waals surface area contributed by atoms with E-state index in [1.165, 1.54) is 19.2 Å². The first kappa shape index (κ1) is 28.4. The number of methoxy groups -OCH3 is 1. The van der Waals surface area contributed by atoms with Crippen molar-refractivity contribution in [2.75, 3.05) is 25.5 Å². The van der Waals surface area contributed by atoms with Crippen molar-refractivity contribution in [3.05, 3.63) is 53.7 Å². The minimum Gasteiger partial charge on any atom is -0.469 e. The van der Waals surface area contributed by atoms with E-state index >= 15 is 0 Å². The Hall–Kier alpha value is -3.83. The summed E-state index contributed by atoms with van der Waals surface area (Å²) >= 11 is 0. The van der Waals surface area contributed by atoms with Gasteiger partial charge in [-0.2, -0.15) is 0 Å². The van der Waals surface area contributed by atoms with Crippen LogP contribution in [0.1, 0.15) is 42.9 Å². The molecule has 1 atom stereocenters. The summed E-state index contributed by atoms with van der Waals surface area (Å²) in [6, 6.07) is 7.69. The van der Waals surface area contributed by atoms with Gasteiger partial charge in [-0.05, 0) is 55.2 Å². The molecule has 0 saturated carbocycles. The molecule has 1 aromatic carbocycles. The van der Waals surface area contributed by atoms with Crippen LogP contribution in [-0.4, -0.2) is 49.3 Å². The number of benzene rings is 1. The SMILES string of the molecule is COC(=O)CC(NC(=O)CNC(=O)CCCCNc1cc(C)ccn1)c1ccc(OC(F)(F)F)cc1. The van der Waals surface area contributed by atoms with Crippen LogP contribution in [0, 0.1) is 6.92 Å². The molecule has 1 unspecified atom stereocenters. The van der Waals surface area contributed by atoms with Crippen molar-refractivity contribution < 1.29 is 37.0 Å². The summed E-state index contributed by atoms with van der Waals surface area (Å²) in [5.41, 5.74) is 1.46. The van der Waals surface area contributed by atoms with Crippen molar-refractivity contribution >= 4 is 23.6 Å². The van der Waals surface area contributed by atoms with Crippen molar-refractivity contribution in [1.82, 2.24) is 15.6 Å². The molecule has 0 bridgehead atoms. The Morgan fingerprint density at radius 2 is 1.78 bits per heavy atom. The van der Waals surface area contributed by atoms with E-state index in [4.69, 9.17) is 0 Å². The highest BCUT2D eigenvalue weighted by Gasteiger charge is 2.31. The highest BCUT2D eigenvalue weighted by atomic mass is 19.4. The summed E-state index contributed by atoms with van der Waals surface area (Å²) in [5.74, 6) is -1.18. The number of anilines is 1. The smallest absolute Gasteiger partial charge is 0.469 e. The Morgan fingerprint density at radius 1 is 1.06 bits per heavy atom. The first-order chi connectivity index (χ1) is 17.1. The molecule has 1 aromatic heterocycles. The van der Waals surface area contributed by atoms with E-state index in [1.807, 2.05) is 19.1 Å². The largest absolute Gasteiger partial charge is 0.573 e. The maximum Gasteiger partial charge on any atom is 0.573 e. The van der Waals surface area contributed by atoms with Crippen molar-refractivity contribution in [2.24, 2.45) is 0 Å². The van der Waals surface area contributed by atoms with Gasteiger partial charge in [0, 0.05) is 19.2 Å². The molecule has 0 fully saturated rings. The lowest BCUT2D eigenvalue weighted by molar-refractivity contribution is -0.274. The van der Waals surface area contributed by atoms with Crippen LogP contribution in [0.5, 0.6) is 5.75 Å². The number of carbonyl (C=O) groups excluding carboxylic acids is 3. The van der Waals surface area contributed by atoms with Crippen LogP contribution in [0.15, 0.2) is 42.6 Å². The molecular weight excluding hydrogens is 481 g/mol. The molecule has 36 heavy (non-hydrogen) atoms. The van der Waals surface area contributed by atoms with E-state index < -0.39 is 30.0 Å². The van der Waals surface area contributed by atoms with Crippen LogP contribution in [0.3, 0.4) is 0 Å². The number of rotatable bonds is 13. The van der Waals surface area contributed by atoms with Gasteiger partial charge in [-0.1, -0.05) is 12.1 Å². The van der Waals surface area contributed by atoms with E-state index in [0.717, 1.165) is 29.9 Å². The summed E-state index contributed by atoms with van der Waals surface area (Å²) in [6.07, 6.45) is -1.83. The summed E-state index contributed by atoms with van der Waals surface area (Å²) in [4.78, 5) is 40.3. The maximum atomic E-state index is 12.4. The number of nitrogens with one attached hydrogen (secondary N) is 3. The number of ether oxygens (including phenoxy) is 2. The fourth-order valence-corrected chi connectivity index (χ4v) is 3.18. The second-order valence-corrected chi connectivity index (χ2v) is 7.90. The maximum absolute atomic E-state index is 12.4. The third-order valence-electron chi connectivity index (χ3n) is 4.95. The van der Waals surface area contributed by atoms with E-state index in [-0.39, 0.29) is 25.3 Å². The number of halogens is 3. The van der Waals surface area contributed by atoms with E-state index in [2.05, 4.69) is 30.4 Å². The number of amides is 2. The lowest BCUT2D eigenvalue weighted by Crippen LogP contribution is -2.39. The summed E-state index contributed by atoms with van der Waals surface area (Å²) in [7, 11) is 1.18. The van der Waals surface area contributed by atoms with Crippen LogP contribution < -0.4 is 20.7 Å². The predicted octanol–water partition coefficient (Wildman–Crippen LogP) is 3.41. The van der Waals surface area contributed by atoms with Crippen molar-refractivity contribution in [3.8, 4) is 5.75 Å². The molecule has 0 aliphatic rings. The Balaban J connectivity index is 1.78. The number of carbonyl (C=O) groups is 3. The number of aryl methyl sites for hydroxylation is 1. The highest BCUT2D eigenvalue weighted by Crippen LogP contribution is 2.25. The van der Waals surface area contributed by atoms with E-state index in [0.29, 0.717) is 18.5 Å². The number of aromatic nitrogens is 1. The van der Waals surface area contributed by atoms with Gasteiger partial charge in [-0.25, -0.2) is 4.98 Å². The third-order valence-corrected chi connectivity index (χ3v) is 4.95. The van der Waals surface area contributed by atoms with Gasteiger partial charge in [0.15, 0.2) is 0 Å². The van der Waals surface area contributed by atoms with Crippen molar-refractivity contribution in [1.29, 1.82) is 0 Å². The zero-order valence-corrected chi connectivity index (χ0v) is 20.0.